The molecule has 0 N–H and O–H groups in total. The lowest BCUT2D eigenvalue weighted by Crippen LogP contribution is -2.03. The maximum Gasteiger partial charge on any atom is -0.00615 e. The van der Waals surface area contributed by atoms with Crippen molar-refractivity contribution in [3.05, 3.63) is 12.7 Å². The second-order valence-corrected chi connectivity index (χ2v) is 4.38. The van der Waals surface area contributed by atoms with Crippen molar-refractivity contribution in [3.63, 3.8) is 0 Å². The Hall–Kier alpha value is -0.260. The molecular formula is C11H20. The first-order valence-electron chi connectivity index (χ1n) is 4.66. The largest absolute Gasteiger partial charge is 0.103 e. The van der Waals surface area contributed by atoms with E-state index in [1.165, 1.54) is 12.8 Å². The van der Waals surface area contributed by atoms with Crippen LogP contribution in [0.2, 0.25) is 0 Å². The summed E-state index contributed by atoms with van der Waals surface area (Å²) in [6, 6.07) is 0. The Morgan fingerprint density at radius 3 is 2.27 bits per heavy atom. The maximum atomic E-state index is 3.92. The predicted octanol–water partition coefficient (Wildman–Crippen LogP) is 3.63. The summed E-state index contributed by atoms with van der Waals surface area (Å²) in [5, 5.41) is 0. The van der Waals surface area contributed by atoms with E-state index in [1.54, 1.807) is 0 Å². The smallest absolute Gasteiger partial charge is 0.00615 e. The van der Waals surface area contributed by atoms with E-state index in [2.05, 4.69) is 40.3 Å². The highest BCUT2D eigenvalue weighted by Crippen LogP contribution is 2.71. The maximum absolute atomic E-state index is 3.92. The number of rotatable bonds is 3. The lowest BCUT2D eigenvalue weighted by Gasteiger charge is -2.13. The molecule has 0 aromatic carbocycles. The van der Waals surface area contributed by atoms with Crippen molar-refractivity contribution < 1.29 is 0 Å². The highest BCUT2D eigenvalue weighted by molar-refractivity contribution is 5.22. The minimum Gasteiger partial charge on any atom is -0.103 e. The molecule has 1 saturated carbocycles. The van der Waals surface area contributed by atoms with Crippen LogP contribution in [0.3, 0.4) is 0 Å². The van der Waals surface area contributed by atoms with Crippen molar-refractivity contribution >= 4 is 0 Å². The molecule has 0 radical (unpaired) electrons. The van der Waals surface area contributed by atoms with Crippen molar-refractivity contribution in [2.45, 2.75) is 40.5 Å². The first kappa shape index (κ1) is 8.83. The highest BCUT2D eigenvalue weighted by Gasteiger charge is 2.65. The van der Waals surface area contributed by atoms with Gasteiger partial charge >= 0.3 is 0 Å². The zero-order valence-electron chi connectivity index (χ0n) is 8.28. The lowest BCUT2D eigenvalue weighted by atomic mass is 9.92. The molecule has 0 aliphatic heterocycles. The SMILES string of the molecule is C=CC1(C)C(C)C1(C)CCC. The number of hydrogen-bond acceptors (Lipinski definition) is 0. The zero-order chi connectivity index (χ0) is 8.70. The molecule has 3 unspecified atom stereocenters. The molecule has 0 aromatic heterocycles. The fourth-order valence-electron chi connectivity index (χ4n) is 2.60. The van der Waals surface area contributed by atoms with E-state index in [9.17, 15) is 0 Å². The summed E-state index contributed by atoms with van der Waals surface area (Å²) in [5.41, 5.74) is 0.965. The average molecular weight is 152 g/mol. The molecule has 0 bridgehead atoms. The van der Waals surface area contributed by atoms with Gasteiger partial charge in [0.1, 0.15) is 0 Å². The van der Waals surface area contributed by atoms with Crippen LogP contribution < -0.4 is 0 Å². The van der Waals surface area contributed by atoms with Gasteiger partial charge in [-0.3, -0.25) is 0 Å². The van der Waals surface area contributed by atoms with Crippen molar-refractivity contribution in [1.82, 2.24) is 0 Å². The Labute approximate surface area is 70.7 Å². The molecule has 64 valence electrons. The van der Waals surface area contributed by atoms with Crippen LogP contribution in [0.1, 0.15) is 40.5 Å². The van der Waals surface area contributed by atoms with Crippen molar-refractivity contribution in [3.8, 4) is 0 Å². The summed E-state index contributed by atoms with van der Waals surface area (Å²) in [5.74, 6) is 0.826. The third-order valence-electron chi connectivity index (χ3n) is 4.20. The normalized spacial score (nSPS) is 48.9. The molecule has 0 spiro atoms. The molecule has 0 amide bonds. The minimum absolute atomic E-state index is 0.420. The summed E-state index contributed by atoms with van der Waals surface area (Å²) < 4.78 is 0. The van der Waals surface area contributed by atoms with Gasteiger partial charge in [0.2, 0.25) is 0 Å². The van der Waals surface area contributed by atoms with E-state index in [1.807, 2.05) is 0 Å². The number of allylic oxidation sites excluding steroid dienone is 1. The number of hydrogen-bond donors (Lipinski definition) is 0. The molecule has 0 heterocycles. The molecule has 1 aliphatic carbocycles. The van der Waals surface area contributed by atoms with E-state index in [4.69, 9.17) is 0 Å². The monoisotopic (exact) mass is 152 g/mol. The van der Waals surface area contributed by atoms with Crippen LogP contribution in [0.15, 0.2) is 12.7 Å². The van der Waals surface area contributed by atoms with E-state index in [-0.39, 0.29) is 0 Å². The van der Waals surface area contributed by atoms with Gasteiger partial charge in [-0.1, -0.05) is 40.2 Å². The predicted molar refractivity (Wildman–Crippen MR) is 50.5 cm³/mol. The second-order valence-electron chi connectivity index (χ2n) is 4.38. The molecule has 0 heteroatoms. The first-order valence-corrected chi connectivity index (χ1v) is 4.66. The summed E-state index contributed by atoms with van der Waals surface area (Å²) >= 11 is 0. The molecular weight excluding hydrogens is 132 g/mol. The molecule has 0 aromatic rings. The fraction of sp³-hybridized carbons (Fsp3) is 0.818. The van der Waals surface area contributed by atoms with Crippen molar-refractivity contribution in [2.24, 2.45) is 16.7 Å². The third-order valence-corrected chi connectivity index (χ3v) is 4.20. The van der Waals surface area contributed by atoms with Gasteiger partial charge in [-0.05, 0) is 23.2 Å². The standard InChI is InChI=1S/C11H20/c1-6-8-11(5)9(3)10(11,4)7-2/h7,9H,2,6,8H2,1,3-5H3. The average Bonchev–Trinajstić information content (AvgIpc) is 2.39. The topological polar surface area (TPSA) is 0 Å². The van der Waals surface area contributed by atoms with Crippen LogP contribution in [0.25, 0.3) is 0 Å². The van der Waals surface area contributed by atoms with Crippen LogP contribution >= 0.6 is 0 Å². The minimum atomic E-state index is 0.420. The highest BCUT2D eigenvalue weighted by atomic mass is 14.7. The summed E-state index contributed by atoms with van der Waals surface area (Å²) in [6.07, 6.45) is 4.79. The Kier molecular flexibility index (Phi) is 1.90. The van der Waals surface area contributed by atoms with Gasteiger partial charge in [-0.2, -0.15) is 0 Å². The van der Waals surface area contributed by atoms with Crippen molar-refractivity contribution in [2.75, 3.05) is 0 Å². The van der Waals surface area contributed by atoms with Gasteiger partial charge in [0.25, 0.3) is 0 Å². The summed E-state index contributed by atoms with van der Waals surface area (Å²) in [6.45, 7) is 13.3. The van der Waals surface area contributed by atoms with Gasteiger partial charge in [0.15, 0.2) is 0 Å². The van der Waals surface area contributed by atoms with Gasteiger partial charge in [0.05, 0.1) is 0 Å². The molecule has 3 atom stereocenters. The van der Waals surface area contributed by atoms with E-state index < -0.39 is 0 Å². The Morgan fingerprint density at radius 2 is 2.00 bits per heavy atom. The first-order chi connectivity index (χ1) is 5.03. The van der Waals surface area contributed by atoms with E-state index >= 15 is 0 Å². The molecule has 1 fully saturated rings. The van der Waals surface area contributed by atoms with Gasteiger partial charge < -0.3 is 0 Å². The van der Waals surface area contributed by atoms with Gasteiger partial charge in [-0.15, -0.1) is 6.58 Å². The zero-order valence-corrected chi connectivity index (χ0v) is 8.28. The van der Waals surface area contributed by atoms with Crippen LogP contribution in [0.5, 0.6) is 0 Å². The third kappa shape index (κ3) is 0.881. The van der Waals surface area contributed by atoms with Gasteiger partial charge in [-0.25, -0.2) is 0 Å². The molecule has 1 rings (SSSR count). The quantitative estimate of drug-likeness (QED) is 0.542. The lowest BCUT2D eigenvalue weighted by molar-refractivity contribution is 0.410. The van der Waals surface area contributed by atoms with Crippen LogP contribution in [0, 0.1) is 16.7 Å². The van der Waals surface area contributed by atoms with Crippen LogP contribution in [-0.4, -0.2) is 0 Å². The summed E-state index contributed by atoms with van der Waals surface area (Å²) in [4.78, 5) is 0. The molecule has 0 nitrogen and oxygen atoms in total. The van der Waals surface area contributed by atoms with E-state index in [0.717, 1.165) is 5.92 Å². The van der Waals surface area contributed by atoms with Crippen molar-refractivity contribution in [1.29, 1.82) is 0 Å². The Morgan fingerprint density at radius 1 is 1.45 bits per heavy atom. The Balaban J connectivity index is 2.71. The van der Waals surface area contributed by atoms with E-state index in [0.29, 0.717) is 10.8 Å². The second kappa shape index (κ2) is 2.36. The fourth-order valence-corrected chi connectivity index (χ4v) is 2.60. The Bertz CT molecular complexity index is 171. The van der Waals surface area contributed by atoms with Gasteiger partial charge in [0, 0.05) is 0 Å². The molecule has 0 saturated heterocycles. The van der Waals surface area contributed by atoms with Crippen LogP contribution in [-0.2, 0) is 0 Å². The molecule has 11 heavy (non-hydrogen) atoms. The summed E-state index contributed by atoms with van der Waals surface area (Å²) in [7, 11) is 0. The van der Waals surface area contributed by atoms with Crippen LogP contribution in [0.4, 0.5) is 0 Å². The molecule has 1 aliphatic rings.